The number of hydrogen-bond acceptors (Lipinski definition) is 4. The Bertz CT molecular complexity index is 781. The van der Waals surface area contributed by atoms with E-state index < -0.39 is 0 Å². The number of esters is 2. The molecule has 4 nitrogen and oxygen atoms in total. The lowest BCUT2D eigenvalue weighted by Gasteiger charge is -2.55. The summed E-state index contributed by atoms with van der Waals surface area (Å²) in [5.74, 6) is 8.83. The number of carbonyl (C=O) groups is 2. The first-order valence-corrected chi connectivity index (χ1v) is 15.3. The lowest BCUT2D eigenvalue weighted by molar-refractivity contribution is -0.154. The van der Waals surface area contributed by atoms with Gasteiger partial charge in [0.2, 0.25) is 0 Å². The van der Waals surface area contributed by atoms with E-state index in [1.165, 1.54) is 14.2 Å². The van der Waals surface area contributed by atoms with Crippen molar-refractivity contribution in [3.8, 4) is 0 Å². The zero-order valence-electron chi connectivity index (χ0n) is 27.8. The van der Waals surface area contributed by atoms with Crippen LogP contribution in [0.5, 0.6) is 0 Å². The van der Waals surface area contributed by atoms with Crippen LogP contribution in [0.3, 0.4) is 0 Å². The minimum atomic E-state index is -0.352. The third-order valence-electron chi connectivity index (χ3n) is 13.4. The predicted octanol–water partition coefficient (Wildman–Crippen LogP) is 8.53. The molecule has 0 spiro atoms. The standard InChI is InChI=1S/C18H30.2C8H16O2/c1-9-10(2)12-7-11(9)15-13-8-14(16(12)15)18(5,6)17(13,3)4;2*1-6(2)8(3,4)7(9)10-5/h9-16H,7-8H2,1-6H3;2*6H,1-5H3. The lowest BCUT2D eigenvalue weighted by atomic mass is 9.50. The second-order valence-electron chi connectivity index (χ2n) is 16.1. The maximum atomic E-state index is 11.1. The lowest BCUT2D eigenvalue weighted by Crippen LogP contribution is -2.50. The Balaban J connectivity index is 0.000000220. The van der Waals surface area contributed by atoms with Crippen molar-refractivity contribution in [2.24, 2.45) is 80.8 Å². The number of methoxy groups -OCH3 is 2. The number of hydrogen-bond donors (Lipinski definition) is 0. The van der Waals surface area contributed by atoms with E-state index in [0.717, 1.165) is 47.3 Å². The van der Waals surface area contributed by atoms with E-state index in [4.69, 9.17) is 0 Å². The van der Waals surface area contributed by atoms with Gasteiger partial charge in [-0.05, 0) is 111 Å². The summed E-state index contributed by atoms with van der Waals surface area (Å²) in [6.45, 7) is 31.0. The molecule has 0 aromatic carbocycles. The second kappa shape index (κ2) is 11.1. The van der Waals surface area contributed by atoms with Crippen LogP contribution in [0.4, 0.5) is 0 Å². The third-order valence-corrected chi connectivity index (χ3v) is 13.4. The van der Waals surface area contributed by atoms with Crippen LogP contribution in [0.2, 0.25) is 0 Å². The first-order valence-electron chi connectivity index (χ1n) is 15.3. The number of fused-ring (bicyclic) bond motifs is 9. The highest BCUT2D eigenvalue weighted by atomic mass is 16.5. The molecule has 0 aliphatic heterocycles. The smallest absolute Gasteiger partial charge is 0.311 e. The average molecular weight is 535 g/mol. The molecule has 0 heterocycles. The Kier molecular flexibility index (Phi) is 9.66. The van der Waals surface area contributed by atoms with E-state index >= 15 is 0 Å². The summed E-state index contributed by atoms with van der Waals surface area (Å²) < 4.78 is 9.27. The maximum absolute atomic E-state index is 11.1. The van der Waals surface area contributed by atoms with Crippen LogP contribution in [0.1, 0.15) is 110 Å². The molecule has 0 amide bonds. The Morgan fingerprint density at radius 3 is 1.16 bits per heavy atom. The molecule has 0 aromatic rings. The number of ether oxygens (including phenoxy) is 2. The van der Waals surface area contributed by atoms with Crippen molar-refractivity contribution in [2.75, 3.05) is 14.2 Å². The molecule has 8 atom stereocenters. The Morgan fingerprint density at radius 2 is 0.947 bits per heavy atom. The normalized spacial score (nSPS) is 35.7. The van der Waals surface area contributed by atoms with Gasteiger partial charge in [0, 0.05) is 0 Å². The van der Waals surface area contributed by atoms with Gasteiger partial charge in [-0.2, -0.15) is 0 Å². The first kappa shape index (κ1) is 33.1. The average Bonchev–Trinajstić information content (AvgIpc) is 3.52. The fourth-order valence-electron chi connectivity index (χ4n) is 8.34. The summed E-state index contributed by atoms with van der Waals surface area (Å²) >= 11 is 0. The molecule has 222 valence electrons. The van der Waals surface area contributed by atoms with Crippen molar-refractivity contribution in [3.05, 3.63) is 0 Å². The number of carbonyl (C=O) groups excluding carboxylic acids is 2. The molecule has 8 unspecified atom stereocenters. The minimum absolute atomic E-state index is 0.137. The summed E-state index contributed by atoms with van der Waals surface area (Å²) in [5.41, 5.74) is 0.446. The molecule has 0 saturated heterocycles. The molecule has 0 N–H and O–H groups in total. The van der Waals surface area contributed by atoms with Gasteiger partial charge in [0.1, 0.15) is 0 Å². The highest BCUT2D eigenvalue weighted by Crippen LogP contribution is 2.78. The van der Waals surface area contributed by atoms with Crippen molar-refractivity contribution in [3.63, 3.8) is 0 Å². The highest BCUT2D eigenvalue weighted by molar-refractivity contribution is 5.76. The fraction of sp³-hybridized carbons (Fsp3) is 0.941. The van der Waals surface area contributed by atoms with Gasteiger partial charge in [-0.15, -0.1) is 0 Å². The van der Waals surface area contributed by atoms with Crippen LogP contribution in [-0.2, 0) is 19.1 Å². The van der Waals surface area contributed by atoms with E-state index in [0.29, 0.717) is 22.7 Å². The minimum Gasteiger partial charge on any atom is -0.469 e. The molecule has 4 aliphatic carbocycles. The molecule has 4 saturated carbocycles. The molecular formula is C34H62O4. The topological polar surface area (TPSA) is 52.6 Å². The van der Waals surface area contributed by atoms with Gasteiger partial charge in [-0.1, -0.05) is 69.2 Å². The van der Waals surface area contributed by atoms with Crippen LogP contribution < -0.4 is 0 Å². The largest absolute Gasteiger partial charge is 0.469 e. The van der Waals surface area contributed by atoms with E-state index in [1.54, 1.807) is 12.8 Å². The van der Waals surface area contributed by atoms with Gasteiger partial charge in [-0.25, -0.2) is 0 Å². The van der Waals surface area contributed by atoms with Crippen LogP contribution in [0.25, 0.3) is 0 Å². The van der Waals surface area contributed by atoms with E-state index in [-0.39, 0.29) is 22.8 Å². The van der Waals surface area contributed by atoms with Crippen LogP contribution in [0, 0.1) is 80.8 Å². The molecule has 38 heavy (non-hydrogen) atoms. The van der Waals surface area contributed by atoms with Crippen molar-refractivity contribution in [1.29, 1.82) is 0 Å². The van der Waals surface area contributed by atoms with Crippen molar-refractivity contribution in [2.45, 2.75) is 110 Å². The fourth-order valence-corrected chi connectivity index (χ4v) is 8.34. The molecule has 4 fully saturated rings. The van der Waals surface area contributed by atoms with Crippen LogP contribution in [0.15, 0.2) is 0 Å². The zero-order chi connectivity index (χ0) is 29.8. The van der Waals surface area contributed by atoms with Crippen LogP contribution in [-0.4, -0.2) is 26.2 Å². The van der Waals surface area contributed by atoms with E-state index in [2.05, 4.69) is 51.0 Å². The summed E-state index contributed by atoms with van der Waals surface area (Å²) in [6, 6.07) is 0. The second-order valence-corrected chi connectivity index (χ2v) is 16.1. The summed E-state index contributed by atoms with van der Waals surface area (Å²) in [7, 11) is 2.85. The summed E-state index contributed by atoms with van der Waals surface area (Å²) in [6.07, 6.45) is 3.14. The Hall–Kier alpha value is -1.06. The SMILES string of the molecule is CC1C(C)C2CC1C1C2C2CC1C(C)(C)C2(C)C.COC(=O)C(C)(C)C(C)C.COC(=O)C(C)(C)C(C)C. The molecule has 0 radical (unpaired) electrons. The van der Waals surface area contributed by atoms with Crippen molar-refractivity contribution >= 4 is 11.9 Å². The van der Waals surface area contributed by atoms with Crippen molar-refractivity contribution in [1.82, 2.24) is 0 Å². The summed E-state index contributed by atoms with van der Waals surface area (Å²) in [5, 5.41) is 0. The van der Waals surface area contributed by atoms with Gasteiger partial charge >= 0.3 is 11.9 Å². The number of rotatable bonds is 4. The zero-order valence-corrected chi connectivity index (χ0v) is 27.8. The van der Waals surface area contributed by atoms with E-state index in [1.807, 2.05) is 55.4 Å². The van der Waals surface area contributed by atoms with Gasteiger partial charge in [0.25, 0.3) is 0 Å². The third kappa shape index (κ3) is 5.20. The molecule has 4 bridgehead atoms. The monoisotopic (exact) mass is 534 g/mol. The summed E-state index contributed by atoms with van der Waals surface area (Å²) in [4.78, 5) is 22.1. The quantitative estimate of drug-likeness (QED) is 0.268. The molecular weight excluding hydrogens is 472 g/mol. The van der Waals surface area contributed by atoms with Gasteiger partial charge in [-0.3, -0.25) is 9.59 Å². The molecule has 0 aromatic heterocycles. The van der Waals surface area contributed by atoms with Gasteiger partial charge < -0.3 is 9.47 Å². The Morgan fingerprint density at radius 1 is 0.658 bits per heavy atom. The Labute approximate surface area is 235 Å². The first-order chi connectivity index (χ1) is 17.1. The van der Waals surface area contributed by atoms with Gasteiger partial charge in [0.05, 0.1) is 25.0 Å². The van der Waals surface area contributed by atoms with Gasteiger partial charge in [0.15, 0.2) is 0 Å². The molecule has 4 heteroatoms. The van der Waals surface area contributed by atoms with E-state index in [9.17, 15) is 9.59 Å². The van der Waals surface area contributed by atoms with Crippen LogP contribution >= 0.6 is 0 Å². The predicted molar refractivity (Wildman–Crippen MR) is 157 cm³/mol. The van der Waals surface area contributed by atoms with Crippen molar-refractivity contribution < 1.29 is 19.1 Å². The molecule has 4 rings (SSSR count). The molecule has 4 aliphatic rings. The highest BCUT2D eigenvalue weighted by Gasteiger charge is 2.72. The maximum Gasteiger partial charge on any atom is 0.311 e.